The standard InChI is InChI=1S/C10H13NS/c11-10-3-1-2-7-6-8(12)4-5-9(7)10/h1-3,8,12H,4-6,11H2. The second-order valence-corrected chi connectivity index (χ2v) is 4.11. The molecular formula is C10H13NS. The Morgan fingerprint density at radius 1 is 1.42 bits per heavy atom. The summed E-state index contributed by atoms with van der Waals surface area (Å²) in [5, 5.41) is 0.527. The molecule has 2 rings (SSSR count). The minimum Gasteiger partial charge on any atom is -0.398 e. The van der Waals surface area contributed by atoms with Crippen molar-refractivity contribution in [3.05, 3.63) is 29.3 Å². The molecule has 0 saturated heterocycles. The van der Waals surface area contributed by atoms with Crippen molar-refractivity contribution in [3.63, 3.8) is 0 Å². The minimum atomic E-state index is 0.527. The third-order valence-electron chi connectivity index (χ3n) is 2.49. The lowest BCUT2D eigenvalue weighted by Crippen LogP contribution is -2.15. The molecule has 1 unspecified atom stereocenters. The van der Waals surface area contributed by atoms with Gasteiger partial charge in [-0.3, -0.25) is 0 Å². The highest BCUT2D eigenvalue weighted by Crippen LogP contribution is 2.27. The molecule has 0 heterocycles. The molecule has 2 heteroatoms. The van der Waals surface area contributed by atoms with Crippen molar-refractivity contribution >= 4 is 18.3 Å². The van der Waals surface area contributed by atoms with Gasteiger partial charge in [-0.05, 0) is 36.5 Å². The maximum Gasteiger partial charge on any atom is 0.0349 e. The number of hydrogen-bond acceptors (Lipinski definition) is 2. The first-order valence-electron chi connectivity index (χ1n) is 4.31. The number of nitrogens with two attached hydrogens (primary N) is 1. The van der Waals surface area contributed by atoms with Crippen molar-refractivity contribution in [2.24, 2.45) is 0 Å². The van der Waals surface area contributed by atoms with Gasteiger partial charge in [0.05, 0.1) is 0 Å². The van der Waals surface area contributed by atoms with Gasteiger partial charge in [0.1, 0.15) is 0 Å². The van der Waals surface area contributed by atoms with Crippen LogP contribution in [-0.4, -0.2) is 5.25 Å². The Morgan fingerprint density at radius 3 is 3.08 bits per heavy atom. The molecule has 0 spiro atoms. The minimum absolute atomic E-state index is 0.527. The van der Waals surface area contributed by atoms with Gasteiger partial charge in [-0.25, -0.2) is 0 Å². The van der Waals surface area contributed by atoms with E-state index in [0.717, 1.165) is 24.9 Å². The van der Waals surface area contributed by atoms with E-state index >= 15 is 0 Å². The fraction of sp³-hybridized carbons (Fsp3) is 0.400. The summed E-state index contributed by atoms with van der Waals surface area (Å²) in [6, 6.07) is 6.17. The Labute approximate surface area is 78.4 Å². The topological polar surface area (TPSA) is 26.0 Å². The third kappa shape index (κ3) is 1.31. The summed E-state index contributed by atoms with van der Waals surface area (Å²) in [6.45, 7) is 0. The van der Waals surface area contributed by atoms with Crippen LogP contribution in [0.15, 0.2) is 18.2 Å². The Balaban J connectivity index is 2.42. The summed E-state index contributed by atoms with van der Waals surface area (Å²) in [6.07, 6.45) is 3.32. The molecule has 1 atom stereocenters. The number of rotatable bonds is 0. The molecule has 0 radical (unpaired) electrons. The van der Waals surface area contributed by atoms with E-state index in [1.165, 1.54) is 11.1 Å². The molecule has 1 aromatic rings. The van der Waals surface area contributed by atoms with Crippen molar-refractivity contribution in [2.45, 2.75) is 24.5 Å². The first kappa shape index (κ1) is 7.99. The lowest BCUT2D eigenvalue weighted by molar-refractivity contribution is 0.708. The average molecular weight is 179 g/mol. The molecule has 1 aromatic carbocycles. The molecule has 0 amide bonds. The molecule has 0 aromatic heterocycles. The van der Waals surface area contributed by atoms with Crippen LogP contribution >= 0.6 is 12.6 Å². The molecule has 0 fully saturated rings. The van der Waals surface area contributed by atoms with Crippen molar-refractivity contribution in [3.8, 4) is 0 Å². The van der Waals surface area contributed by atoms with E-state index in [1.807, 2.05) is 12.1 Å². The van der Waals surface area contributed by atoms with Crippen LogP contribution in [0.25, 0.3) is 0 Å². The molecule has 64 valence electrons. The number of hydrogen-bond donors (Lipinski definition) is 2. The summed E-state index contributed by atoms with van der Waals surface area (Å²) < 4.78 is 0. The lowest BCUT2D eigenvalue weighted by Gasteiger charge is -2.21. The fourth-order valence-electron chi connectivity index (χ4n) is 1.82. The predicted molar refractivity (Wildman–Crippen MR) is 55.7 cm³/mol. The Bertz CT molecular complexity index is 296. The van der Waals surface area contributed by atoms with Gasteiger partial charge in [-0.15, -0.1) is 0 Å². The zero-order valence-electron chi connectivity index (χ0n) is 6.96. The first-order chi connectivity index (χ1) is 5.77. The van der Waals surface area contributed by atoms with E-state index in [1.54, 1.807) is 0 Å². The van der Waals surface area contributed by atoms with E-state index in [2.05, 4.69) is 18.7 Å². The normalized spacial score (nSPS) is 21.9. The second kappa shape index (κ2) is 3.02. The largest absolute Gasteiger partial charge is 0.398 e. The first-order valence-corrected chi connectivity index (χ1v) is 4.83. The monoisotopic (exact) mass is 179 g/mol. The molecule has 12 heavy (non-hydrogen) atoms. The van der Waals surface area contributed by atoms with Crippen LogP contribution in [0.3, 0.4) is 0 Å². The lowest BCUT2D eigenvalue weighted by atomic mass is 9.90. The van der Waals surface area contributed by atoms with Crippen LogP contribution in [0.2, 0.25) is 0 Å². The zero-order valence-corrected chi connectivity index (χ0v) is 7.85. The number of anilines is 1. The quantitative estimate of drug-likeness (QED) is 0.462. The van der Waals surface area contributed by atoms with Gasteiger partial charge in [-0.2, -0.15) is 12.6 Å². The van der Waals surface area contributed by atoms with Gasteiger partial charge in [0, 0.05) is 10.9 Å². The molecular weight excluding hydrogens is 166 g/mol. The van der Waals surface area contributed by atoms with Crippen molar-refractivity contribution in [2.75, 3.05) is 5.73 Å². The van der Waals surface area contributed by atoms with Gasteiger partial charge in [0.25, 0.3) is 0 Å². The van der Waals surface area contributed by atoms with E-state index in [-0.39, 0.29) is 0 Å². The molecule has 0 bridgehead atoms. The molecule has 0 saturated carbocycles. The maximum atomic E-state index is 5.86. The highest BCUT2D eigenvalue weighted by atomic mass is 32.1. The Hall–Kier alpha value is -0.630. The van der Waals surface area contributed by atoms with Gasteiger partial charge in [0.15, 0.2) is 0 Å². The summed E-state index contributed by atoms with van der Waals surface area (Å²) in [5.74, 6) is 0. The predicted octanol–water partition coefficient (Wildman–Crippen LogP) is 2.06. The summed E-state index contributed by atoms with van der Waals surface area (Å²) in [4.78, 5) is 0. The van der Waals surface area contributed by atoms with Crippen LogP contribution < -0.4 is 5.73 Å². The molecule has 1 aliphatic rings. The molecule has 1 nitrogen and oxygen atoms in total. The van der Waals surface area contributed by atoms with Crippen molar-refractivity contribution < 1.29 is 0 Å². The van der Waals surface area contributed by atoms with Crippen LogP contribution in [0.5, 0.6) is 0 Å². The fourth-order valence-corrected chi connectivity index (χ4v) is 2.14. The molecule has 2 N–H and O–H groups in total. The highest BCUT2D eigenvalue weighted by molar-refractivity contribution is 7.80. The number of nitrogen functional groups attached to an aromatic ring is 1. The Kier molecular flexibility index (Phi) is 2.01. The SMILES string of the molecule is Nc1cccc2c1CCC(S)C2. The summed E-state index contributed by atoms with van der Waals surface area (Å²) in [7, 11) is 0. The van der Waals surface area contributed by atoms with Crippen LogP contribution in [0.1, 0.15) is 17.5 Å². The second-order valence-electron chi connectivity index (χ2n) is 3.38. The van der Waals surface area contributed by atoms with Crippen molar-refractivity contribution in [1.29, 1.82) is 0 Å². The zero-order chi connectivity index (χ0) is 8.55. The van der Waals surface area contributed by atoms with E-state index < -0.39 is 0 Å². The van der Waals surface area contributed by atoms with Gasteiger partial charge >= 0.3 is 0 Å². The highest BCUT2D eigenvalue weighted by Gasteiger charge is 2.16. The van der Waals surface area contributed by atoms with Crippen molar-refractivity contribution in [1.82, 2.24) is 0 Å². The van der Waals surface area contributed by atoms with E-state index in [9.17, 15) is 0 Å². The maximum absolute atomic E-state index is 5.86. The van der Waals surface area contributed by atoms with Gasteiger partial charge in [0.2, 0.25) is 0 Å². The van der Waals surface area contributed by atoms with Gasteiger partial charge < -0.3 is 5.73 Å². The van der Waals surface area contributed by atoms with Crippen LogP contribution in [0, 0.1) is 0 Å². The van der Waals surface area contributed by atoms with E-state index in [4.69, 9.17) is 5.73 Å². The van der Waals surface area contributed by atoms with Crippen LogP contribution in [0.4, 0.5) is 5.69 Å². The number of thiol groups is 1. The summed E-state index contributed by atoms with van der Waals surface area (Å²) >= 11 is 4.48. The molecule has 1 aliphatic carbocycles. The number of benzene rings is 1. The smallest absolute Gasteiger partial charge is 0.0349 e. The third-order valence-corrected chi connectivity index (χ3v) is 2.93. The average Bonchev–Trinajstić information content (AvgIpc) is 2.04. The number of fused-ring (bicyclic) bond motifs is 1. The van der Waals surface area contributed by atoms with Crippen LogP contribution in [-0.2, 0) is 12.8 Å². The molecule has 0 aliphatic heterocycles. The summed E-state index contributed by atoms with van der Waals surface area (Å²) in [5.41, 5.74) is 9.55. The Morgan fingerprint density at radius 2 is 2.25 bits per heavy atom. The van der Waals surface area contributed by atoms with E-state index in [0.29, 0.717) is 5.25 Å². The van der Waals surface area contributed by atoms with Gasteiger partial charge in [-0.1, -0.05) is 12.1 Å².